The third kappa shape index (κ3) is 6.25. The molecule has 0 atom stereocenters. The van der Waals surface area contributed by atoms with E-state index in [1.165, 1.54) is 0 Å². The predicted octanol–water partition coefficient (Wildman–Crippen LogP) is 4.47. The molecule has 0 radical (unpaired) electrons. The summed E-state index contributed by atoms with van der Waals surface area (Å²) in [4.78, 5) is 16.1. The Labute approximate surface area is 137 Å². The van der Waals surface area contributed by atoms with Crippen molar-refractivity contribution in [3.63, 3.8) is 0 Å². The highest BCUT2D eigenvalue weighted by molar-refractivity contribution is 6.42. The lowest BCUT2D eigenvalue weighted by atomic mass is 10.2. The van der Waals surface area contributed by atoms with Crippen LogP contribution in [0.4, 0.5) is 5.69 Å². The summed E-state index contributed by atoms with van der Waals surface area (Å²) >= 11 is 12.0. The molecule has 0 N–H and O–H groups in total. The van der Waals surface area contributed by atoms with Gasteiger partial charge in [-0.2, -0.15) is 0 Å². The summed E-state index contributed by atoms with van der Waals surface area (Å²) in [6.07, 6.45) is 3.72. The zero-order chi connectivity index (χ0) is 15.8. The van der Waals surface area contributed by atoms with Crippen molar-refractivity contribution in [3.05, 3.63) is 28.2 Å². The first-order valence-electron chi connectivity index (χ1n) is 7.35. The van der Waals surface area contributed by atoms with E-state index in [0.717, 1.165) is 38.0 Å². The Morgan fingerprint density at radius 2 is 1.71 bits per heavy atom. The van der Waals surface area contributed by atoms with Crippen LogP contribution in [0.25, 0.3) is 0 Å². The van der Waals surface area contributed by atoms with Gasteiger partial charge < -0.3 is 9.80 Å². The molecule has 0 saturated heterocycles. The van der Waals surface area contributed by atoms with Crippen molar-refractivity contribution in [1.29, 1.82) is 0 Å². The normalized spacial score (nSPS) is 11.0. The van der Waals surface area contributed by atoms with E-state index < -0.39 is 0 Å². The molecule has 0 aliphatic rings. The third-order valence-electron chi connectivity index (χ3n) is 3.31. The fraction of sp³-hybridized carbons (Fsp3) is 0.562. The Hall–Kier alpha value is -0.770. The first-order valence-corrected chi connectivity index (χ1v) is 8.11. The quantitative estimate of drug-likeness (QED) is 0.656. The van der Waals surface area contributed by atoms with Gasteiger partial charge in [-0.1, -0.05) is 36.5 Å². The van der Waals surface area contributed by atoms with Crippen molar-refractivity contribution in [2.75, 3.05) is 32.1 Å². The van der Waals surface area contributed by atoms with Gasteiger partial charge in [-0.3, -0.25) is 4.79 Å². The zero-order valence-corrected chi connectivity index (χ0v) is 14.5. The Morgan fingerprint density at radius 1 is 1.05 bits per heavy atom. The van der Waals surface area contributed by atoms with Gasteiger partial charge in [0.25, 0.3) is 0 Å². The van der Waals surface area contributed by atoms with Crippen LogP contribution in [0.3, 0.4) is 0 Å². The van der Waals surface area contributed by atoms with Gasteiger partial charge in [-0.05, 0) is 51.7 Å². The van der Waals surface area contributed by atoms with Crippen molar-refractivity contribution in [3.8, 4) is 0 Å². The number of unbranched alkanes of at least 4 members (excludes halogenated alkanes) is 2. The van der Waals surface area contributed by atoms with Crippen molar-refractivity contribution < 1.29 is 4.79 Å². The van der Waals surface area contributed by atoms with Crippen LogP contribution in [0.1, 0.15) is 32.6 Å². The number of anilines is 1. The first-order chi connectivity index (χ1) is 9.95. The molecule has 0 unspecified atom stereocenters. The second-order valence-corrected chi connectivity index (χ2v) is 6.18. The maximum atomic E-state index is 12.1. The molecule has 0 aliphatic heterocycles. The Kier molecular flexibility index (Phi) is 8.09. The molecular formula is C16H24Cl2N2O. The number of benzene rings is 1. The largest absolute Gasteiger partial charge is 0.312 e. The number of hydrogen-bond donors (Lipinski definition) is 0. The molecule has 1 rings (SSSR count). The molecule has 0 aliphatic carbocycles. The number of carbonyl (C=O) groups is 1. The SMILES string of the molecule is CCC(=O)N(CCCCCN(C)C)c1ccc(Cl)c(Cl)c1. The summed E-state index contributed by atoms with van der Waals surface area (Å²) in [6, 6.07) is 5.35. The van der Waals surface area contributed by atoms with Crippen molar-refractivity contribution in [1.82, 2.24) is 4.90 Å². The number of carbonyl (C=O) groups excluding carboxylic acids is 1. The highest BCUT2D eigenvalue weighted by atomic mass is 35.5. The van der Waals surface area contributed by atoms with Crippen LogP contribution in [0.5, 0.6) is 0 Å². The highest BCUT2D eigenvalue weighted by Gasteiger charge is 2.14. The fourth-order valence-electron chi connectivity index (χ4n) is 2.12. The smallest absolute Gasteiger partial charge is 0.226 e. The monoisotopic (exact) mass is 330 g/mol. The van der Waals surface area contributed by atoms with Gasteiger partial charge >= 0.3 is 0 Å². The molecule has 0 bridgehead atoms. The Balaban J connectivity index is 2.63. The molecule has 1 aromatic carbocycles. The topological polar surface area (TPSA) is 23.6 Å². The van der Waals surface area contributed by atoms with Crippen LogP contribution in [0.15, 0.2) is 18.2 Å². The lowest BCUT2D eigenvalue weighted by Crippen LogP contribution is -2.31. The summed E-state index contributed by atoms with van der Waals surface area (Å²) < 4.78 is 0. The number of halogens is 2. The van der Waals surface area contributed by atoms with Crippen LogP contribution in [0, 0.1) is 0 Å². The molecule has 3 nitrogen and oxygen atoms in total. The maximum Gasteiger partial charge on any atom is 0.226 e. The predicted molar refractivity (Wildman–Crippen MR) is 91.5 cm³/mol. The van der Waals surface area contributed by atoms with Gasteiger partial charge in [0, 0.05) is 18.7 Å². The molecule has 0 fully saturated rings. The summed E-state index contributed by atoms with van der Waals surface area (Å²) in [5.41, 5.74) is 0.823. The molecule has 0 heterocycles. The summed E-state index contributed by atoms with van der Waals surface area (Å²) in [5, 5.41) is 0.992. The van der Waals surface area contributed by atoms with Crippen LogP contribution in [0.2, 0.25) is 10.0 Å². The van der Waals surface area contributed by atoms with Gasteiger partial charge in [-0.25, -0.2) is 0 Å². The average molecular weight is 331 g/mol. The van der Waals surface area contributed by atoms with E-state index in [1.54, 1.807) is 17.0 Å². The molecule has 0 saturated carbocycles. The van der Waals surface area contributed by atoms with E-state index in [9.17, 15) is 4.79 Å². The van der Waals surface area contributed by atoms with E-state index in [0.29, 0.717) is 16.5 Å². The minimum absolute atomic E-state index is 0.112. The third-order valence-corrected chi connectivity index (χ3v) is 4.04. The van der Waals surface area contributed by atoms with Gasteiger partial charge in [0.05, 0.1) is 10.0 Å². The number of hydrogen-bond acceptors (Lipinski definition) is 2. The van der Waals surface area contributed by atoms with E-state index in [4.69, 9.17) is 23.2 Å². The molecular weight excluding hydrogens is 307 g/mol. The zero-order valence-electron chi connectivity index (χ0n) is 13.0. The number of amides is 1. The Bertz CT molecular complexity index is 464. The van der Waals surface area contributed by atoms with E-state index in [-0.39, 0.29) is 5.91 Å². The Morgan fingerprint density at radius 3 is 2.29 bits per heavy atom. The van der Waals surface area contributed by atoms with E-state index >= 15 is 0 Å². The highest BCUT2D eigenvalue weighted by Crippen LogP contribution is 2.27. The van der Waals surface area contributed by atoms with Gasteiger partial charge in [0.15, 0.2) is 0 Å². The second kappa shape index (κ2) is 9.29. The number of rotatable bonds is 8. The summed E-state index contributed by atoms with van der Waals surface area (Å²) in [7, 11) is 4.14. The van der Waals surface area contributed by atoms with E-state index in [1.807, 2.05) is 13.0 Å². The standard InChI is InChI=1S/C16H24Cl2N2O/c1-4-16(21)20(11-7-5-6-10-19(2)3)13-8-9-14(17)15(18)12-13/h8-9,12H,4-7,10-11H2,1-3H3. The van der Waals surface area contributed by atoms with Gasteiger partial charge in [0.1, 0.15) is 0 Å². The van der Waals surface area contributed by atoms with Crippen LogP contribution < -0.4 is 4.90 Å². The molecule has 1 amide bonds. The van der Waals surface area contributed by atoms with Crippen LogP contribution in [-0.4, -0.2) is 38.0 Å². The number of nitrogens with zero attached hydrogens (tertiary/aromatic N) is 2. The minimum atomic E-state index is 0.112. The van der Waals surface area contributed by atoms with Crippen LogP contribution in [-0.2, 0) is 4.79 Å². The van der Waals surface area contributed by atoms with E-state index in [2.05, 4.69) is 19.0 Å². The van der Waals surface area contributed by atoms with Gasteiger partial charge in [-0.15, -0.1) is 0 Å². The van der Waals surface area contributed by atoms with Crippen molar-refractivity contribution in [2.24, 2.45) is 0 Å². The minimum Gasteiger partial charge on any atom is -0.312 e. The van der Waals surface area contributed by atoms with Crippen molar-refractivity contribution in [2.45, 2.75) is 32.6 Å². The summed E-state index contributed by atoms with van der Waals surface area (Å²) in [5.74, 6) is 0.112. The molecule has 1 aromatic rings. The molecule has 5 heteroatoms. The lowest BCUT2D eigenvalue weighted by molar-refractivity contribution is -0.118. The molecule has 0 aromatic heterocycles. The van der Waals surface area contributed by atoms with Gasteiger partial charge in [0.2, 0.25) is 5.91 Å². The summed E-state index contributed by atoms with van der Waals surface area (Å²) in [6.45, 7) is 3.67. The van der Waals surface area contributed by atoms with Crippen molar-refractivity contribution >= 4 is 34.8 Å². The fourth-order valence-corrected chi connectivity index (χ4v) is 2.41. The second-order valence-electron chi connectivity index (χ2n) is 5.36. The molecule has 118 valence electrons. The maximum absolute atomic E-state index is 12.1. The molecule has 21 heavy (non-hydrogen) atoms. The first kappa shape index (κ1) is 18.3. The van der Waals surface area contributed by atoms with Crippen LogP contribution >= 0.6 is 23.2 Å². The lowest BCUT2D eigenvalue weighted by Gasteiger charge is -2.23. The average Bonchev–Trinajstić information content (AvgIpc) is 2.45. The molecule has 0 spiro atoms.